The van der Waals surface area contributed by atoms with Gasteiger partial charge in [0.1, 0.15) is 0 Å². The zero-order valence-electron chi connectivity index (χ0n) is 8.78. The summed E-state index contributed by atoms with van der Waals surface area (Å²) in [4.78, 5) is 0.0935. The van der Waals surface area contributed by atoms with Gasteiger partial charge >= 0.3 is 5.51 Å². The quantitative estimate of drug-likeness (QED) is 0.837. The van der Waals surface area contributed by atoms with E-state index in [1.54, 1.807) is 12.1 Å². The zero-order chi connectivity index (χ0) is 12.2. The van der Waals surface area contributed by atoms with E-state index in [0.717, 1.165) is 0 Å². The van der Waals surface area contributed by atoms with Gasteiger partial charge < -0.3 is 10.8 Å². The highest BCUT2D eigenvalue weighted by atomic mass is 35.5. The SMILES string of the molecule is Cl.N[C@H](CCO)c1ccccc1SC(F)(F)F. The van der Waals surface area contributed by atoms with Gasteiger partial charge in [0.15, 0.2) is 0 Å². The van der Waals surface area contributed by atoms with Crippen LogP contribution in [0.15, 0.2) is 29.2 Å². The Kier molecular flexibility index (Phi) is 6.92. The van der Waals surface area contributed by atoms with Crippen LogP contribution in [0.2, 0.25) is 0 Å². The standard InChI is InChI=1S/C10H12F3NOS.ClH/c11-10(12,13)16-9-4-2-1-3-7(9)8(14)5-6-15;/h1-4,8,15H,5-6,14H2;1H/t8-;/m1./s1. The van der Waals surface area contributed by atoms with Crippen LogP contribution in [-0.4, -0.2) is 17.2 Å². The van der Waals surface area contributed by atoms with Crippen LogP contribution < -0.4 is 5.73 Å². The van der Waals surface area contributed by atoms with Crippen LogP contribution in [0.4, 0.5) is 13.2 Å². The summed E-state index contributed by atoms with van der Waals surface area (Å²) in [6.07, 6.45) is 0.245. The summed E-state index contributed by atoms with van der Waals surface area (Å²) < 4.78 is 36.7. The van der Waals surface area contributed by atoms with E-state index in [1.807, 2.05) is 0 Å². The number of hydrogen-bond acceptors (Lipinski definition) is 3. The lowest BCUT2D eigenvalue weighted by Gasteiger charge is -2.15. The molecule has 0 saturated carbocycles. The van der Waals surface area contributed by atoms with E-state index in [2.05, 4.69) is 0 Å². The van der Waals surface area contributed by atoms with Crippen molar-refractivity contribution in [3.63, 3.8) is 0 Å². The van der Waals surface area contributed by atoms with Gasteiger partial charge in [-0.3, -0.25) is 0 Å². The van der Waals surface area contributed by atoms with Crippen molar-refractivity contribution in [3.05, 3.63) is 29.8 Å². The average Bonchev–Trinajstić information content (AvgIpc) is 2.16. The Bertz CT molecular complexity index is 349. The molecule has 0 spiro atoms. The van der Waals surface area contributed by atoms with E-state index in [9.17, 15) is 13.2 Å². The van der Waals surface area contributed by atoms with Gasteiger partial charge in [0.2, 0.25) is 0 Å². The van der Waals surface area contributed by atoms with Crippen LogP contribution in [0, 0.1) is 0 Å². The molecule has 0 amide bonds. The van der Waals surface area contributed by atoms with E-state index in [1.165, 1.54) is 12.1 Å². The van der Waals surface area contributed by atoms with Crippen molar-refractivity contribution in [3.8, 4) is 0 Å². The van der Waals surface area contributed by atoms with Gasteiger partial charge in [0.25, 0.3) is 0 Å². The fraction of sp³-hybridized carbons (Fsp3) is 0.400. The molecular weight excluding hydrogens is 275 g/mol. The molecule has 2 nitrogen and oxygen atoms in total. The molecule has 3 N–H and O–H groups in total. The smallest absolute Gasteiger partial charge is 0.396 e. The lowest BCUT2D eigenvalue weighted by atomic mass is 10.1. The molecule has 7 heteroatoms. The van der Waals surface area contributed by atoms with Crippen molar-refractivity contribution >= 4 is 24.2 Å². The maximum absolute atomic E-state index is 12.2. The number of aliphatic hydroxyl groups is 1. The van der Waals surface area contributed by atoms with Crippen molar-refractivity contribution in [1.29, 1.82) is 0 Å². The highest BCUT2D eigenvalue weighted by molar-refractivity contribution is 8.00. The van der Waals surface area contributed by atoms with Crippen molar-refractivity contribution in [2.75, 3.05) is 6.61 Å². The lowest BCUT2D eigenvalue weighted by molar-refractivity contribution is -0.0328. The minimum atomic E-state index is -4.32. The number of aliphatic hydroxyl groups excluding tert-OH is 1. The number of benzene rings is 1. The number of thioether (sulfide) groups is 1. The molecule has 0 saturated heterocycles. The molecule has 17 heavy (non-hydrogen) atoms. The van der Waals surface area contributed by atoms with E-state index in [4.69, 9.17) is 10.8 Å². The summed E-state index contributed by atoms with van der Waals surface area (Å²) in [5, 5.41) is 8.71. The Morgan fingerprint density at radius 3 is 2.41 bits per heavy atom. The van der Waals surface area contributed by atoms with Gasteiger partial charge in [0.05, 0.1) is 0 Å². The zero-order valence-corrected chi connectivity index (χ0v) is 10.4. The molecule has 1 atom stereocenters. The van der Waals surface area contributed by atoms with Crippen molar-refractivity contribution in [1.82, 2.24) is 0 Å². The minimum Gasteiger partial charge on any atom is -0.396 e. The molecule has 0 unspecified atom stereocenters. The molecule has 1 aromatic carbocycles. The van der Waals surface area contributed by atoms with Gasteiger partial charge in [-0.15, -0.1) is 12.4 Å². The van der Waals surface area contributed by atoms with E-state index >= 15 is 0 Å². The molecule has 0 bridgehead atoms. The first kappa shape index (κ1) is 16.6. The van der Waals surface area contributed by atoms with Crippen LogP contribution in [0.1, 0.15) is 18.0 Å². The topological polar surface area (TPSA) is 46.2 Å². The summed E-state index contributed by atoms with van der Waals surface area (Å²) in [6.45, 7) is -0.147. The number of halogens is 4. The van der Waals surface area contributed by atoms with E-state index < -0.39 is 11.6 Å². The average molecular weight is 288 g/mol. The van der Waals surface area contributed by atoms with Crippen molar-refractivity contribution in [2.24, 2.45) is 5.73 Å². The monoisotopic (exact) mass is 287 g/mol. The third kappa shape index (κ3) is 5.63. The largest absolute Gasteiger partial charge is 0.446 e. The van der Waals surface area contributed by atoms with Gasteiger partial charge in [-0.05, 0) is 29.8 Å². The molecule has 1 aromatic rings. The molecule has 0 aliphatic heterocycles. The van der Waals surface area contributed by atoms with Gasteiger partial charge in [-0.2, -0.15) is 13.2 Å². The maximum Gasteiger partial charge on any atom is 0.446 e. The maximum atomic E-state index is 12.2. The Morgan fingerprint density at radius 2 is 1.88 bits per heavy atom. The van der Waals surface area contributed by atoms with Gasteiger partial charge in [-0.1, -0.05) is 18.2 Å². The molecule has 0 radical (unpaired) electrons. The summed E-state index contributed by atoms with van der Waals surface area (Å²) in [6, 6.07) is 5.52. The third-order valence-corrected chi connectivity index (χ3v) is 2.81. The molecule has 0 heterocycles. The minimum absolute atomic E-state index is 0. The van der Waals surface area contributed by atoms with Crippen LogP contribution in [-0.2, 0) is 0 Å². The summed E-state index contributed by atoms with van der Waals surface area (Å²) in [5.74, 6) is 0. The molecular formula is C10H13ClF3NOS. The fourth-order valence-electron chi connectivity index (χ4n) is 1.30. The molecule has 0 aromatic heterocycles. The molecule has 0 aliphatic rings. The number of rotatable bonds is 4. The number of alkyl halides is 3. The van der Waals surface area contributed by atoms with E-state index in [0.29, 0.717) is 5.56 Å². The van der Waals surface area contributed by atoms with Gasteiger partial charge in [0, 0.05) is 17.5 Å². The second-order valence-corrected chi connectivity index (χ2v) is 4.31. The van der Waals surface area contributed by atoms with E-state index in [-0.39, 0.29) is 42.1 Å². The summed E-state index contributed by atoms with van der Waals surface area (Å²) >= 11 is -0.180. The van der Waals surface area contributed by atoms with Crippen LogP contribution in [0.25, 0.3) is 0 Å². The Labute approximate surface area is 108 Å². The number of nitrogens with two attached hydrogens (primary N) is 1. The lowest BCUT2D eigenvalue weighted by Crippen LogP contribution is -2.13. The first-order valence-electron chi connectivity index (χ1n) is 4.65. The highest BCUT2D eigenvalue weighted by Gasteiger charge is 2.30. The molecule has 1 rings (SSSR count). The second kappa shape index (κ2) is 7.10. The highest BCUT2D eigenvalue weighted by Crippen LogP contribution is 2.39. The first-order valence-corrected chi connectivity index (χ1v) is 5.47. The Hall–Kier alpha value is -0.430. The van der Waals surface area contributed by atoms with Crippen LogP contribution in [0.5, 0.6) is 0 Å². The Morgan fingerprint density at radius 1 is 1.29 bits per heavy atom. The fourth-order valence-corrected chi connectivity index (χ4v) is 2.03. The predicted molar refractivity (Wildman–Crippen MR) is 64.2 cm³/mol. The summed E-state index contributed by atoms with van der Waals surface area (Å²) in [7, 11) is 0. The molecule has 0 aliphatic carbocycles. The van der Waals surface area contributed by atoms with Crippen molar-refractivity contribution < 1.29 is 18.3 Å². The van der Waals surface area contributed by atoms with Crippen LogP contribution >= 0.6 is 24.2 Å². The Balaban J connectivity index is 0.00000256. The van der Waals surface area contributed by atoms with Gasteiger partial charge in [-0.25, -0.2) is 0 Å². The molecule has 0 fully saturated rings. The number of hydrogen-bond donors (Lipinski definition) is 2. The molecule has 98 valence electrons. The second-order valence-electron chi connectivity index (χ2n) is 3.20. The van der Waals surface area contributed by atoms with Crippen molar-refractivity contribution in [2.45, 2.75) is 22.9 Å². The third-order valence-electron chi connectivity index (χ3n) is 1.98. The first-order chi connectivity index (χ1) is 7.44. The predicted octanol–water partition coefficient (Wildman–Crippen LogP) is 3.10. The summed E-state index contributed by atoms with van der Waals surface area (Å²) in [5.41, 5.74) is 1.78. The normalized spacial score (nSPS) is 13.0. The van der Waals surface area contributed by atoms with Crippen LogP contribution in [0.3, 0.4) is 0 Å².